The van der Waals surface area contributed by atoms with E-state index in [4.69, 9.17) is 0 Å². The molecule has 1 rings (SSSR count). The molecule has 0 unspecified atom stereocenters. The van der Waals surface area contributed by atoms with E-state index in [1.807, 2.05) is 7.05 Å². The summed E-state index contributed by atoms with van der Waals surface area (Å²) in [6, 6.07) is 8.41. The van der Waals surface area contributed by atoms with E-state index in [1.165, 1.54) is 11.3 Å². The molecule has 0 aliphatic rings. The van der Waals surface area contributed by atoms with Crippen LogP contribution in [0.2, 0.25) is 0 Å². The molecule has 66 valence electrons. The molecule has 1 N–H and O–H groups in total. The van der Waals surface area contributed by atoms with E-state index < -0.39 is 0 Å². The standard InChI is InChI=1S/C10H16N2/c1-11-8-9-6-4-5-7-10(9)12(2)3/h4-7,11H,8H2,1-3H3. The van der Waals surface area contributed by atoms with Crippen LogP contribution in [0.25, 0.3) is 0 Å². The van der Waals surface area contributed by atoms with Crippen molar-refractivity contribution in [3.8, 4) is 0 Å². The maximum absolute atomic E-state index is 3.15. The van der Waals surface area contributed by atoms with Gasteiger partial charge in [0.05, 0.1) is 0 Å². The molecule has 0 spiro atoms. The Hall–Kier alpha value is -1.02. The average molecular weight is 164 g/mol. The van der Waals surface area contributed by atoms with Crippen LogP contribution in [0, 0.1) is 0 Å². The first-order valence-electron chi connectivity index (χ1n) is 4.15. The van der Waals surface area contributed by atoms with E-state index in [2.05, 4.69) is 48.6 Å². The molecular weight excluding hydrogens is 148 g/mol. The smallest absolute Gasteiger partial charge is 0.0406 e. The molecule has 0 aromatic heterocycles. The van der Waals surface area contributed by atoms with Gasteiger partial charge in [-0.15, -0.1) is 0 Å². The maximum Gasteiger partial charge on any atom is 0.0406 e. The molecule has 0 atom stereocenters. The lowest BCUT2D eigenvalue weighted by Gasteiger charge is -2.16. The van der Waals surface area contributed by atoms with Gasteiger partial charge < -0.3 is 10.2 Å². The van der Waals surface area contributed by atoms with Crippen molar-refractivity contribution in [1.29, 1.82) is 0 Å². The third kappa shape index (κ3) is 1.98. The Bertz CT molecular complexity index is 243. The van der Waals surface area contributed by atoms with E-state index in [0.29, 0.717) is 0 Å². The summed E-state index contributed by atoms with van der Waals surface area (Å²) in [5.41, 5.74) is 2.62. The number of anilines is 1. The quantitative estimate of drug-likeness (QED) is 0.727. The van der Waals surface area contributed by atoms with Crippen molar-refractivity contribution in [1.82, 2.24) is 5.32 Å². The number of nitrogens with zero attached hydrogens (tertiary/aromatic N) is 1. The fraction of sp³-hybridized carbons (Fsp3) is 0.400. The summed E-state index contributed by atoms with van der Waals surface area (Å²) in [5.74, 6) is 0. The molecule has 0 fully saturated rings. The van der Waals surface area contributed by atoms with Gasteiger partial charge >= 0.3 is 0 Å². The van der Waals surface area contributed by atoms with Gasteiger partial charge in [0.2, 0.25) is 0 Å². The lowest BCUT2D eigenvalue weighted by molar-refractivity contribution is 0.814. The molecule has 1 aromatic carbocycles. The van der Waals surface area contributed by atoms with Gasteiger partial charge in [-0.1, -0.05) is 18.2 Å². The Morgan fingerprint density at radius 2 is 1.92 bits per heavy atom. The van der Waals surface area contributed by atoms with Gasteiger partial charge in [-0.05, 0) is 18.7 Å². The minimum Gasteiger partial charge on any atom is -0.377 e. The summed E-state index contributed by atoms with van der Waals surface area (Å²) in [6.45, 7) is 0.925. The SMILES string of the molecule is CNCc1ccccc1N(C)C. The highest BCUT2D eigenvalue weighted by atomic mass is 15.1. The Morgan fingerprint density at radius 1 is 1.25 bits per heavy atom. The molecule has 12 heavy (non-hydrogen) atoms. The fourth-order valence-electron chi connectivity index (χ4n) is 1.29. The van der Waals surface area contributed by atoms with Crippen molar-refractivity contribution in [2.45, 2.75) is 6.54 Å². The first kappa shape index (κ1) is 9.07. The van der Waals surface area contributed by atoms with E-state index in [9.17, 15) is 0 Å². The largest absolute Gasteiger partial charge is 0.377 e. The van der Waals surface area contributed by atoms with E-state index in [-0.39, 0.29) is 0 Å². The Morgan fingerprint density at radius 3 is 2.50 bits per heavy atom. The summed E-state index contributed by atoms with van der Waals surface area (Å²) >= 11 is 0. The minimum absolute atomic E-state index is 0.925. The van der Waals surface area contributed by atoms with Crippen LogP contribution in [-0.2, 0) is 6.54 Å². The molecule has 0 radical (unpaired) electrons. The zero-order valence-corrected chi connectivity index (χ0v) is 7.96. The number of nitrogens with one attached hydrogen (secondary N) is 1. The van der Waals surface area contributed by atoms with Crippen molar-refractivity contribution in [3.63, 3.8) is 0 Å². The summed E-state index contributed by atoms with van der Waals surface area (Å²) in [5, 5.41) is 3.15. The highest BCUT2D eigenvalue weighted by Gasteiger charge is 2.00. The van der Waals surface area contributed by atoms with Crippen molar-refractivity contribution in [2.75, 3.05) is 26.0 Å². The van der Waals surface area contributed by atoms with Crippen LogP contribution in [0.3, 0.4) is 0 Å². The number of hydrogen-bond donors (Lipinski definition) is 1. The van der Waals surface area contributed by atoms with Gasteiger partial charge in [0, 0.05) is 26.3 Å². The highest BCUT2D eigenvalue weighted by Crippen LogP contribution is 2.16. The maximum atomic E-state index is 3.15. The van der Waals surface area contributed by atoms with Crippen LogP contribution in [0.5, 0.6) is 0 Å². The minimum atomic E-state index is 0.925. The predicted octanol–water partition coefficient (Wildman–Crippen LogP) is 1.47. The molecule has 0 heterocycles. The first-order valence-corrected chi connectivity index (χ1v) is 4.15. The number of para-hydroxylation sites is 1. The lowest BCUT2D eigenvalue weighted by Crippen LogP contribution is -2.14. The molecule has 2 heteroatoms. The number of rotatable bonds is 3. The van der Waals surface area contributed by atoms with E-state index in [0.717, 1.165) is 6.54 Å². The van der Waals surface area contributed by atoms with E-state index in [1.54, 1.807) is 0 Å². The second-order valence-corrected chi connectivity index (χ2v) is 3.05. The predicted molar refractivity (Wildman–Crippen MR) is 53.5 cm³/mol. The molecule has 0 amide bonds. The number of hydrogen-bond acceptors (Lipinski definition) is 2. The Kier molecular flexibility index (Phi) is 3.11. The fourth-order valence-corrected chi connectivity index (χ4v) is 1.29. The third-order valence-corrected chi connectivity index (χ3v) is 1.84. The molecule has 0 aliphatic heterocycles. The molecule has 0 aliphatic carbocycles. The summed E-state index contributed by atoms with van der Waals surface area (Å²) in [7, 11) is 6.09. The van der Waals surface area contributed by atoms with Gasteiger partial charge in [0.25, 0.3) is 0 Å². The molecule has 1 aromatic rings. The van der Waals surface area contributed by atoms with Gasteiger partial charge in [-0.25, -0.2) is 0 Å². The molecule has 0 bridgehead atoms. The number of benzene rings is 1. The topological polar surface area (TPSA) is 15.3 Å². The normalized spacial score (nSPS) is 9.92. The van der Waals surface area contributed by atoms with Crippen LogP contribution in [0.15, 0.2) is 24.3 Å². The van der Waals surface area contributed by atoms with Crippen LogP contribution < -0.4 is 10.2 Å². The highest BCUT2D eigenvalue weighted by molar-refractivity contribution is 5.52. The van der Waals surface area contributed by atoms with Crippen molar-refractivity contribution in [3.05, 3.63) is 29.8 Å². The first-order chi connectivity index (χ1) is 5.75. The van der Waals surface area contributed by atoms with Crippen molar-refractivity contribution in [2.24, 2.45) is 0 Å². The van der Waals surface area contributed by atoms with Crippen LogP contribution >= 0.6 is 0 Å². The van der Waals surface area contributed by atoms with E-state index >= 15 is 0 Å². The molecular formula is C10H16N2. The summed E-state index contributed by atoms with van der Waals surface area (Å²) in [6.07, 6.45) is 0. The van der Waals surface area contributed by atoms with Crippen LogP contribution in [0.4, 0.5) is 5.69 Å². The average Bonchev–Trinajstić information content (AvgIpc) is 2.05. The lowest BCUT2D eigenvalue weighted by atomic mass is 10.1. The van der Waals surface area contributed by atoms with Gasteiger partial charge in [0.15, 0.2) is 0 Å². The van der Waals surface area contributed by atoms with Crippen LogP contribution in [-0.4, -0.2) is 21.1 Å². The zero-order valence-electron chi connectivity index (χ0n) is 7.96. The second-order valence-electron chi connectivity index (χ2n) is 3.05. The molecule has 0 saturated heterocycles. The Balaban J connectivity index is 2.92. The van der Waals surface area contributed by atoms with Gasteiger partial charge in [-0.3, -0.25) is 0 Å². The zero-order chi connectivity index (χ0) is 8.97. The summed E-state index contributed by atoms with van der Waals surface area (Å²) in [4.78, 5) is 2.13. The second kappa shape index (κ2) is 4.12. The monoisotopic (exact) mass is 164 g/mol. The summed E-state index contributed by atoms with van der Waals surface area (Å²) < 4.78 is 0. The van der Waals surface area contributed by atoms with Crippen molar-refractivity contribution < 1.29 is 0 Å². The van der Waals surface area contributed by atoms with Crippen molar-refractivity contribution >= 4 is 5.69 Å². The molecule has 0 saturated carbocycles. The third-order valence-electron chi connectivity index (χ3n) is 1.84. The van der Waals surface area contributed by atoms with Crippen LogP contribution in [0.1, 0.15) is 5.56 Å². The Labute approximate surface area is 74.2 Å². The van der Waals surface area contributed by atoms with Gasteiger partial charge in [0.1, 0.15) is 0 Å². The van der Waals surface area contributed by atoms with Gasteiger partial charge in [-0.2, -0.15) is 0 Å². The molecule has 2 nitrogen and oxygen atoms in total.